The Kier molecular flexibility index (Phi) is 4.83. The molecule has 0 atom stereocenters. The van der Waals surface area contributed by atoms with E-state index in [0.717, 1.165) is 0 Å². The molecular weight excluding hydrogens is 299 g/mol. The minimum atomic E-state index is -0.256. The van der Waals surface area contributed by atoms with E-state index in [4.69, 9.17) is 37.9 Å². The number of para-hydroxylation sites is 2. The van der Waals surface area contributed by atoms with Crippen LogP contribution in [0.1, 0.15) is 0 Å². The molecule has 0 fully saturated rings. The molecule has 0 bridgehead atoms. The topological polar surface area (TPSA) is 54.6 Å². The Morgan fingerprint density at radius 2 is 1.60 bits per heavy atom. The van der Waals surface area contributed by atoms with E-state index in [9.17, 15) is 0 Å². The smallest absolute Gasteiger partial charge is 0.410 e. The first-order valence-corrected chi connectivity index (χ1v) is 6.28. The van der Waals surface area contributed by atoms with Crippen LogP contribution >= 0.6 is 23.2 Å². The molecule has 0 radical (unpaired) electrons. The van der Waals surface area contributed by atoms with Crippen molar-refractivity contribution < 1.29 is 9.47 Å². The van der Waals surface area contributed by atoms with E-state index in [2.05, 4.69) is 4.99 Å². The van der Waals surface area contributed by atoms with Crippen LogP contribution in [0.3, 0.4) is 0 Å². The van der Waals surface area contributed by atoms with Crippen LogP contribution in [0.2, 0.25) is 10.0 Å². The number of nitrogens with zero attached hydrogens (tertiary/aromatic N) is 2. The van der Waals surface area contributed by atoms with Crippen LogP contribution in [-0.2, 0) is 0 Å². The summed E-state index contributed by atoms with van der Waals surface area (Å²) in [4.78, 5) is 3.46. The summed E-state index contributed by atoms with van der Waals surface area (Å²) in [7, 11) is 0. The van der Waals surface area contributed by atoms with Crippen LogP contribution in [0, 0.1) is 11.5 Å². The van der Waals surface area contributed by atoms with Crippen molar-refractivity contribution >= 4 is 29.3 Å². The maximum absolute atomic E-state index is 8.67. The summed E-state index contributed by atoms with van der Waals surface area (Å²) in [6, 6.07) is 13.7. The fourth-order valence-corrected chi connectivity index (χ4v) is 1.84. The molecule has 0 spiro atoms. The van der Waals surface area contributed by atoms with Gasteiger partial charge in [0.05, 0.1) is 10.0 Å². The molecule has 0 aromatic heterocycles. The van der Waals surface area contributed by atoms with Gasteiger partial charge in [0.25, 0.3) is 0 Å². The summed E-state index contributed by atoms with van der Waals surface area (Å²) in [5, 5.41) is 9.25. The number of benzene rings is 2. The van der Waals surface area contributed by atoms with Gasteiger partial charge in [-0.1, -0.05) is 52.5 Å². The lowest BCUT2D eigenvalue weighted by atomic mass is 10.3. The van der Waals surface area contributed by atoms with Crippen LogP contribution < -0.4 is 9.47 Å². The normalized spacial score (nSPS) is 10.8. The lowest BCUT2D eigenvalue weighted by molar-refractivity contribution is 0.386. The van der Waals surface area contributed by atoms with Gasteiger partial charge >= 0.3 is 6.08 Å². The van der Waals surface area contributed by atoms with Gasteiger partial charge < -0.3 is 9.47 Å². The highest BCUT2D eigenvalue weighted by Gasteiger charge is 2.13. The van der Waals surface area contributed by atoms with Gasteiger partial charge in [-0.2, -0.15) is 5.26 Å². The first-order chi connectivity index (χ1) is 9.70. The van der Waals surface area contributed by atoms with E-state index in [0.29, 0.717) is 15.8 Å². The molecule has 6 heteroatoms. The van der Waals surface area contributed by atoms with Crippen molar-refractivity contribution in [1.82, 2.24) is 0 Å². The second kappa shape index (κ2) is 6.80. The number of hydrogen-bond donors (Lipinski definition) is 0. The van der Waals surface area contributed by atoms with Gasteiger partial charge in [-0.15, -0.1) is 0 Å². The molecule has 0 saturated heterocycles. The Morgan fingerprint density at radius 3 is 2.20 bits per heavy atom. The summed E-state index contributed by atoms with van der Waals surface area (Å²) in [6.07, 6.45) is 1.34. The van der Waals surface area contributed by atoms with Gasteiger partial charge in [-0.25, -0.2) is 0 Å². The highest BCUT2D eigenvalue weighted by molar-refractivity contribution is 6.37. The lowest BCUT2D eigenvalue weighted by Crippen LogP contribution is -2.16. The Balaban J connectivity index is 2.23. The van der Waals surface area contributed by atoms with Gasteiger partial charge in [-0.05, 0) is 24.3 Å². The fourth-order valence-electron chi connectivity index (χ4n) is 1.36. The zero-order valence-electron chi connectivity index (χ0n) is 10.1. The SMILES string of the molecule is N#C/N=C(\Oc1ccccc1)Oc1c(Cl)cccc1Cl. The molecule has 0 heterocycles. The molecule has 0 amide bonds. The summed E-state index contributed by atoms with van der Waals surface area (Å²) < 4.78 is 10.7. The van der Waals surface area contributed by atoms with E-state index in [1.807, 2.05) is 6.07 Å². The van der Waals surface area contributed by atoms with Crippen molar-refractivity contribution in [2.75, 3.05) is 0 Å². The quantitative estimate of drug-likeness (QED) is 0.472. The molecular formula is C14H8Cl2N2O2. The Labute approximate surface area is 125 Å². The molecule has 0 unspecified atom stereocenters. The zero-order valence-corrected chi connectivity index (χ0v) is 11.6. The average Bonchev–Trinajstić information content (AvgIpc) is 2.44. The van der Waals surface area contributed by atoms with Gasteiger partial charge in [0.15, 0.2) is 5.75 Å². The van der Waals surface area contributed by atoms with Crippen LogP contribution in [0.5, 0.6) is 11.5 Å². The second-order valence-electron chi connectivity index (χ2n) is 3.55. The van der Waals surface area contributed by atoms with E-state index in [-0.39, 0.29) is 11.8 Å². The molecule has 4 nitrogen and oxygen atoms in total. The second-order valence-corrected chi connectivity index (χ2v) is 4.36. The van der Waals surface area contributed by atoms with Gasteiger partial charge in [-0.3, -0.25) is 0 Å². The number of ether oxygens (including phenoxy) is 2. The standard InChI is InChI=1S/C14H8Cl2N2O2/c15-11-7-4-8-12(16)13(11)20-14(18-9-17)19-10-5-2-1-3-6-10/h1-8H/b18-14+. The van der Waals surface area contributed by atoms with Crippen LogP contribution in [-0.4, -0.2) is 6.08 Å². The average molecular weight is 307 g/mol. The van der Waals surface area contributed by atoms with E-state index < -0.39 is 0 Å². The van der Waals surface area contributed by atoms with Crippen LogP contribution in [0.4, 0.5) is 0 Å². The number of nitriles is 1. The molecule has 20 heavy (non-hydrogen) atoms. The molecule has 0 N–H and O–H groups in total. The number of rotatable bonds is 2. The monoisotopic (exact) mass is 306 g/mol. The first kappa shape index (κ1) is 14.2. The van der Waals surface area contributed by atoms with Crippen molar-refractivity contribution in [3.05, 3.63) is 58.6 Å². The third-order valence-electron chi connectivity index (χ3n) is 2.20. The fraction of sp³-hybridized carbons (Fsp3) is 0. The molecule has 0 aliphatic heterocycles. The summed E-state index contributed by atoms with van der Waals surface area (Å²) in [6.45, 7) is 0. The minimum absolute atomic E-state index is 0.181. The summed E-state index contributed by atoms with van der Waals surface area (Å²) >= 11 is 11.9. The van der Waals surface area contributed by atoms with E-state index in [1.54, 1.807) is 48.7 Å². The van der Waals surface area contributed by atoms with E-state index >= 15 is 0 Å². The molecule has 0 saturated carbocycles. The number of hydrogen-bond acceptors (Lipinski definition) is 4. The van der Waals surface area contributed by atoms with Crippen molar-refractivity contribution in [1.29, 1.82) is 5.26 Å². The maximum atomic E-state index is 8.67. The molecule has 0 aliphatic rings. The predicted octanol–water partition coefficient (Wildman–Crippen LogP) is 4.29. The lowest BCUT2D eigenvalue weighted by Gasteiger charge is -2.10. The van der Waals surface area contributed by atoms with Gasteiger partial charge in [0, 0.05) is 0 Å². The van der Waals surface area contributed by atoms with Crippen molar-refractivity contribution in [2.24, 2.45) is 4.99 Å². The largest absolute Gasteiger partial charge is 0.410 e. The van der Waals surface area contributed by atoms with Crippen molar-refractivity contribution in [3.63, 3.8) is 0 Å². The van der Waals surface area contributed by atoms with Crippen molar-refractivity contribution in [3.8, 4) is 17.7 Å². The Morgan fingerprint density at radius 1 is 0.950 bits per heavy atom. The number of halogens is 2. The molecule has 2 aromatic carbocycles. The van der Waals surface area contributed by atoms with E-state index in [1.165, 1.54) is 0 Å². The maximum Gasteiger partial charge on any atom is 0.410 e. The van der Waals surface area contributed by atoms with Crippen LogP contribution in [0.15, 0.2) is 53.5 Å². The highest BCUT2D eigenvalue weighted by atomic mass is 35.5. The zero-order chi connectivity index (χ0) is 14.4. The van der Waals surface area contributed by atoms with Crippen molar-refractivity contribution in [2.45, 2.75) is 0 Å². The Bertz CT molecular complexity index is 646. The summed E-state index contributed by atoms with van der Waals surface area (Å²) in [5.74, 6) is 0.658. The highest BCUT2D eigenvalue weighted by Crippen LogP contribution is 2.32. The molecule has 2 rings (SSSR count). The molecule has 2 aromatic rings. The minimum Gasteiger partial charge on any atom is -0.410 e. The Hall–Kier alpha value is -2.22. The van der Waals surface area contributed by atoms with Gasteiger partial charge in [0.1, 0.15) is 5.75 Å². The van der Waals surface area contributed by atoms with Gasteiger partial charge in [0.2, 0.25) is 6.19 Å². The third-order valence-corrected chi connectivity index (χ3v) is 2.79. The predicted molar refractivity (Wildman–Crippen MR) is 77.2 cm³/mol. The third kappa shape index (κ3) is 3.64. The first-order valence-electron chi connectivity index (χ1n) is 5.52. The van der Waals surface area contributed by atoms with Crippen LogP contribution in [0.25, 0.3) is 0 Å². The molecule has 0 aliphatic carbocycles. The molecule has 100 valence electrons. The summed E-state index contributed by atoms with van der Waals surface area (Å²) in [5.41, 5.74) is 0. The number of aliphatic imine (C=N–C) groups is 1.